The number of ether oxygens (including phenoxy) is 1. The smallest absolute Gasteiger partial charge is 0.326 e. The van der Waals surface area contributed by atoms with Gasteiger partial charge in [0.25, 0.3) is 5.91 Å². The highest BCUT2D eigenvalue weighted by Gasteiger charge is 2.52. The summed E-state index contributed by atoms with van der Waals surface area (Å²) in [5.74, 6) is -0.921. The highest BCUT2D eigenvalue weighted by molar-refractivity contribution is 6.08. The minimum atomic E-state index is -0.806. The van der Waals surface area contributed by atoms with Crippen LogP contribution in [0.25, 0.3) is 5.69 Å². The summed E-state index contributed by atoms with van der Waals surface area (Å²) < 4.78 is 6.96. The molecular formula is C19H20N4O4. The molecule has 1 saturated carbocycles. The summed E-state index contributed by atoms with van der Waals surface area (Å²) >= 11 is 0. The number of nitrogens with one attached hydrogen (secondary N) is 1. The van der Waals surface area contributed by atoms with Crippen LogP contribution in [0.3, 0.4) is 0 Å². The number of urea groups is 1. The van der Waals surface area contributed by atoms with Gasteiger partial charge in [0.05, 0.1) is 5.69 Å². The Morgan fingerprint density at radius 1 is 1.19 bits per heavy atom. The van der Waals surface area contributed by atoms with Crippen molar-refractivity contribution in [1.82, 2.24) is 20.0 Å². The van der Waals surface area contributed by atoms with Crippen LogP contribution in [0.5, 0.6) is 0 Å². The van der Waals surface area contributed by atoms with E-state index in [1.807, 2.05) is 36.5 Å². The van der Waals surface area contributed by atoms with E-state index in [0.717, 1.165) is 29.0 Å². The van der Waals surface area contributed by atoms with Crippen molar-refractivity contribution in [2.24, 2.45) is 0 Å². The lowest BCUT2D eigenvalue weighted by Crippen LogP contribution is -2.44. The molecule has 2 heterocycles. The number of nitrogens with zero attached hydrogens (tertiary/aromatic N) is 3. The molecule has 1 spiro atoms. The van der Waals surface area contributed by atoms with Crippen molar-refractivity contribution in [3.8, 4) is 5.69 Å². The van der Waals surface area contributed by atoms with Crippen molar-refractivity contribution < 1.29 is 19.1 Å². The molecule has 2 aliphatic rings. The third-order valence-corrected chi connectivity index (χ3v) is 5.10. The standard InChI is InChI=1S/C19H20N4O4/c24-16(12-22-17(25)19(21-18(22)26)8-1-2-9-19)27-13-14-4-6-15(7-5-14)23-11-3-10-20-23/h3-7,10-11H,1-2,8-9,12-13H2,(H,21,26). The van der Waals surface area contributed by atoms with Crippen molar-refractivity contribution in [2.45, 2.75) is 37.8 Å². The number of esters is 1. The maximum Gasteiger partial charge on any atom is 0.326 e. The monoisotopic (exact) mass is 368 g/mol. The molecule has 8 nitrogen and oxygen atoms in total. The predicted octanol–water partition coefficient (Wildman–Crippen LogP) is 1.78. The van der Waals surface area contributed by atoms with E-state index in [0.29, 0.717) is 12.8 Å². The fourth-order valence-electron chi connectivity index (χ4n) is 3.64. The molecular weight excluding hydrogens is 348 g/mol. The normalized spacial score (nSPS) is 18.1. The summed E-state index contributed by atoms with van der Waals surface area (Å²) in [5.41, 5.74) is 0.902. The van der Waals surface area contributed by atoms with Crippen LogP contribution >= 0.6 is 0 Å². The Hall–Kier alpha value is -3.16. The molecule has 1 aromatic carbocycles. The Balaban J connectivity index is 1.32. The molecule has 4 rings (SSSR count). The predicted molar refractivity (Wildman–Crippen MR) is 94.8 cm³/mol. The largest absolute Gasteiger partial charge is 0.459 e. The number of amides is 3. The summed E-state index contributed by atoms with van der Waals surface area (Å²) in [6.07, 6.45) is 6.60. The zero-order chi connectivity index (χ0) is 18.9. The Kier molecular flexibility index (Phi) is 4.39. The van der Waals surface area contributed by atoms with E-state index >= 15 is 0 Å². The van der Waals surface area contributed by atoms with Crippen LogP contribution in [0, 0.1) is 0 Å². The summed E-state index contributed by atoms with van der Waals surface area (Å²) in [7, 11) is 0. The zero-order valence-electron chi connectivity index (χ0n) is 14.8. The number of hydrogen-bond donors (Lipinski definition) is 1. The van der Waals surface area contributed by atoms with Crippen LogP contribution in [0.1, 0.15) is 31.2 Å². The van der Waals surface area contributed by atoms with E-state index in [9.17, 15) is 14.4 Å². The number of imide groups is 1. The molecule has 1 aliphatic heterocycles. The van der Waals surface area contributed by atoms with E-state index in [4.69, 9.17) is 4.74 Å². The minimum absolute atomic E-state index is 0.0764. The number of aromatic nitrogens is 2. The summed E-state index contributed by atoms with van der Waals surface area (Å²) in [5, 5.41) is 6.90. The fourth-order valence-corrected chi connectivity index (χ4v) is 3.64. The Morgan fingerprint density at radius 3 is 2.59 bits per heavy atom. The highest BCUT2D eigenvalue weighted by atomic mass is 16.5. The third kappa shape index (κ3) is 3.30. The molecule has 3 amide bonds. The van der Waals surface area contributed by atoms with Crippen molar-refractivity contribution >= 4 is 17.9 Å². The molecule has 1 aromatic heterocycles. The van der Waals surface area contributed by atoms with Gasteiger partial charge in [0, 0.05) is 12.4 Å². The summed E-state index contributed by atoms with van der Waals surface area (Å²) in [4.78, 5) is 37.7. The molecule has 140 valence electrons. The van der Waals surface area contributed by atoms with Crippen LogP contribution in [-0.2, 0) is 20.9 Å². The SMILES string of the molecule is O=C(CN1C(=O)NC2(CCCC2)C1=O)OCc1ccc(-n2cccn2)cc1. The van der Waals surface area contributed by atoms with Gasteiger partial charge in [-0.25, -0.2) is 9.48 Å². The second kappa shape index (κ2) is 6.86. The van der Waals surface area contributed by atoms with Gasteiger partial charge in [-0.05, 0) is 36.6 Å². The van der Waals surface area contributed by atoms with Crippen LogP contribution in [0.4, 0.5) is 4.79 Å². The minimum Gasteiger partial charge on any atom is -0.459 e. The van der Waals surface area contributed by atoms with Gasteiger partial charge in [-0.1, -0.05) is 25.0 Å². The molecule has 1 N–H and O–H groups in total. The highest BCUT2D eigenvalue weighted by Crippen LogP contribution is 2.34. The van der Waals surface area contributed by atoms with Crippen LogP contribution in [0.15, 0.2) is 42.7 Å². The summed E-state index contributed by atoms with van der Waals surface area (Å²) in [6.45, 7) is -0.287. The first-order valence-corrected chi connectivity index (χ1v) is 8.96. The van der Waals surface area contributed by atoms with Crippen LogP contribution in [0.2, 0.25) is 0 Å². The first kappa shape index (κ1) is 17.3. The van der Waals surface area contributed by atoms with E-state index in [1.54, 1.807) is 10.9 Å². The van der Waals surface area contributed by atoms with E-state index in [2.05, 4.69) is 10.4 Å². The van der Waals surface area contributed by atoms with Crippen molar-refractivity contribution in [2.75, 3.05) is 6.54 Å². The Bertz CT molecular complexity index is 854. The maximum absolute atomic E-state index is 12.5. The van der Waals surface area contributed by atoms with Gasteiger partial charge in [0.15, 0.2) is 0 Å². The Labute approximate surface area is 156 Å². The Morgan fingerprint density at radius 2 is 1.93 bits per heavy atom. The van der Waals surface area contributed by atoms with Gasteiger partial charge in [-0.2, -0.15) is 5.10 Å². The second-order valence-corrected chi connectivity index (χ2v) is 6.89. The number of hydrogen-bond acceptors (Lipinski definition) is 5. The molecule has 0 radical (unpaired) electrons. The summed E-state index contributed by atoms with van der Waals surface area (Å²) in [6, 6.07) is 8.75. The first-order valence-electron chi connectivity index (χ1n) is 8.96. The van der Waals surface area contributed by atoms with Gasteiger partial charge < -0.3 is 10.1 Å². The molecule has 0 bridgehead atoms. The van der Waals surface area contributed by atoms with Gasteiger partial charge in [-0.15, -0.1) is 0 Å². The maximum atomic E-state index is 12.5. The lowest BCUT2D eigenvalue weighted by molar-refractivity contribution is -0.148. The zero-order valence-corrected chi connectivity index (χ0v) is 14.8. The molecule has 1 saturated heterocycles. The van der Waals surface area contributed by atoms with Crippen molar-refractivity contribution in [3.05, 3.63) is 48.3 Å². The van der Waals surface area contributed by atoms with Crippen molar-refractivity contribution in [1.29, 1.82) is 0 Å². The van der Waals surface area contributed by atoms with Crippen LogP contribution < -0.4 is 5.32 Å². The molecule has 27 heavy (non-hydrogen) atoms. The van der Waals surface area contributed by atoms with E-state index < -0.39 is 17.5 Å². The van der Waals surface area contributed by atoms with Gasteiger partial charge in [0.2, 0.25) is 0 Å². The van der Waals surface area contributed by atoms with Crippen molar-refractivity contribution in [3.63, 3.8) is 0 Å². The van der Waals surface area contributed by atoms with Gasteiger partial charge in [-0.3, -0.25) is 14.5 Å². The first-order chi connectivity index (χ1) is 13.1. The second-order valence-electron chi connectivity index (χ2n) is 6.89. The number of carbonyl (C=O) groups is 3. The topological polar surface area (TPSA) is 93.5 Å². The molecule has 2 aromatic rings. The number of carbonyl (C=O) groups excluding carboxylic acids is 3. The number of rotatable bonds is 5. The lowest BCUT2D eigenvalue weighted by atomic mass is 9.98. The average molecular weight is 368 g/mol. The third-order valence-electron chi connectivity index (χ3n) is 5.10. The molecule has 1 aliphatic carbocycles. The van der Waals surface area contributed by atoms with Crippen LogP contribution in [-0.4, -0.2) is 44.7 Å². The quantitative estimate of drug-likeness (QED) is 0.641. The fraction of sp³-hybridized carbons (Fsp3) is 0.368. The molecule has 2 fully saturated rings. The lowest BCUT2D eigenvalue weighted by Gasteiger charge is -2.19. The molecule has 0 atom stereocenters. The van der Waals surface area contributed by atoms with Gasteiger partial charge >= 0.3 is 12.0 Å². The molecule has 8 heteroatoms. The number of benzene rings is 1. The van der Waals surface area contributed by atoms with E-state index in [-0.39, 0.29) is 19.1 Å². The molecule has 0 unspecified atom stereocenters. The average Bonchev–Trinajstić information content (AvgIpc) is 3.40. The van der Waals surface area contributed by atoms with Gasteiger partial charge in [0.1, 0.15) is 18.7 Å². The van der Waals surface area contributed by atoms with E-state index in [1.165, 1.54) is 0 Å².